The highest BCUT2D eigenvalue weighted by molar-refractivity contribution is 6.04. The lowest BCUT2D eigenvalue weighted by molar-refractivity contribution is 0.0985. The topological polar surface area (TPSA) is 51.0 Å². The molecular formula is C12H14N4O. The zero-order valence-corrected chi connectivity index (χ0v) is 10.1. The van der Waals surface area contributed by atoms with Gasteiger partial charge in [-0.1, -0.05) is 0 Å². The average molecular weight is 230 g/mol. The van der Waals surface area contributed by atoms with Gasteiger partial charge in [-0.25, -0.2) is 4.98 Å². The first-order chi connectivity index (χ1) is 8.11. The van der Waals surface area contributed by atoms with Gasteiger partial charge in [0.15, 0.2) is 0 Å². The number of carbonyl (C=O) groups is 1. The predicted molar refractivity (Wildman–Crippen MR) is 64.9 cm³/mol. The molecule has 0 saturated carbocycles. The van der Waals surface area contributed by atoms with Gasteiger partial charge >= 0.3 is 0 Å². The number of rotatable bonds is 2. The zero-order valence-electron chi connectivity index (χ0n) is 10.1. The van der Waals surface area contributed by atoms with Gasteiger partial charge in [0, 0.05) is 20.3 Å². The maximum atomic E-state index is 12.2. The summed E-state index contributed by atoms with van der Waals surface area (Å²) in [7, 11) is 3.55. The van der Waals surface area contributed by atoms with Crippen LogP contribution >= 0.6 is 0 Å². The molecule has 0 aliphatic rings. The molecule has 0 bridgehead atoms. The molecule has 0 radical (unpaired) electrons. The van der Waals surface area contributed by atoms with Crippen LogP contribution in [0.4, 0.5) is 5.69 Å². The summed E-state index contributed by atoms with van der Waals surface area (Å²) in [6, 6.07) is 3.64. The minimum Gasteiger partial charge on any atom is -0.327 e. The quantitative estimate of drug-likeness (QED) is 0.783. The second-order valence-corrected chi connectivity index (χ2v) is 3.83. The van der Waals surface area contributed by atoms with E-state index in [1.807, 2.05) is 20.0 Å². The Morgan fingerprint density at radius 1 is 1.41 bits per heavy atom. The highest BCUT2D eigenvalue weighted by Gasteiger charge is 2.17. The van der Waals surface area contributed by atoms with Crippen molar-refractivity contribution in [3.63, 3.8) is 0 Å². The Labute approximate surface area is 99.7 Å². The predicted octanol–water partition coefficient (Wildman–Crippen LogP) is 1.40. The van der Waals surface area contributed by atoms with Crippen LogP contribution in [0.5, 0.6) is 0 Å². The second-order valence-electron chi connectivity index (χ2n) is 3.83. The average Bonchev–Trinajstić information content (AvgIpc) is 2.69. The number of carbonyl (C=O) groups excluding carboxylic acids is 1. The minimum absolute atomic E-state index is 0.0962. The summed E-state index contributed by atoms with van der Waals surface area (Å²) in [5.74, 6) is 0.717. The van der Waals surface area contributed by atoms with E-state index >= 15 is 0 Å². The summed E-state index contributed by atoms with van der Waals surface area (Å²) in [6.07, 6.45) is 4.92. The first-order valence-corrected chi connectivity index (χ1v) is 5.27. The Bertz CT molecular complexity index is 533. The maximum Gasteiger partial charge on any atom is 0.276 e. The van der Waals surface area contributed by atoms with Gasteiger partial charge in [-0.15, -0.1) is 0 Å². The first kappa shape index (κ1) is 11.3. The van der Waals surface area contributed by atoms with Crippen molar-refractivity contribution in [1.29, 1.82) is 0 Å². The van der Waals surface area contributed by atoms with Gasteiger partial charge in [-0.3, -0.25) is 9.78 Å². The molecule has 2 aromatic rings. The third-order valence-electron chi connectivity index (χ3n) is 2.78. The summed E-state index contributed by atoms with van der Waals surface area (Å²) in [6.45, 7) is 1.86. The van der Waals surface area contributed by atoms with E-state index in [1.54, 1.807) is 41.2 Å². The van der Waals surface area contributed by atoms with E-state index in [0.717, 1.165) is 11.5 Å². The van der Waals surface area contributed by atoms with Gasteiger partial charge in [0.1, 0.15) is 11.5 Å². The largest absolute Gasteiger partial charge is 0.327 e. The molecule has 0 spiro atoms. The number of pyridine rings is 1. The third-order valence-corrected chi connectivity index (χ3v) is 2.78. The number of aryl methyl sites for hydroxylation is 1. The van der Waals surface area contributed by atoms with Crippen LogP contribution in [0.3, 0.4) is 0 Å². The van der Waals surface area contributed by atoms with Crippen molar-refractivity contribution in [3.05, 3.63) is 42.2 Å². The Morgan fingerprint density at radius 3 is 2.71 bits per heavy atom. The molecule has 2 heterocycles. The number of imidazole rings is 1. The van der Waals surface area contributed by atoms with E-state index in [-0.39, 0.29) is 5.91 Å². The molecule has 0 aliphatic heterocycles. The van der Waals surface area contributed by atoms with Gasteiger partial charge < -0.3 is 9.47 Å². The molecule has 1 amide bonds. The summed E-state index contributed by atoms with van der Waals surface area (Å²) >= 11 is 0. The number of hydrogen-bond donors (Lipinski definition) is 0. The molecule has 0 aliphatic carbocycles. The number of aromatic nitrogens is 3. The SMILES string of the molecule is Cc1ncc(C(=O)N(C)c2cccnc2)n1C. The molecule has 5 nitrogen and oxygen atoms in total. The van der Waals surface area contributed by atoms with E-state index in [4.69, 9.17) is 0 Å². The monoisotopic (exact) mass is 230 g/mol. The highest BCUT2D eigenvalue weighted by atomic mass is 16.2. The van der Waals surface area contributed by atoms with Gasteiger partial charge in [0.05, 0.1) is 18.1 Å². The molecule has 0 aromatic carbocycles. The van der Waals surface area contributed by atoms with E-state index in [0.29, 0.717) is 5.69 Å². The lowest BCUT2D eigenvalue weighted by atomic mass is 10.3. The minimum atomic E-state index is -0.0962. The van der Waals surface area contributed by atoms with Crippen molar-refractivity contribution in [2.24, 2.45) is 7.05 Å². The number of anilines is 1. The van der Waals surface area contributed by atoms with Crippen LogP contribution in [-0.4, -0.2) is 27.5 Å². The summed E-state index contributed by atoms with van der Waals surface area (Å²) in [5, 5.41) is 0. The van der Waals surface area contributed by atoms with Crippen LogP contribution in [-0.2, 0) is 7.05 Å². The van der Waals surface area contributed by atoms with Crippen LogP contribution in [0.2, 0.25) is 0 Å². The van der Waals surface area contributed by atoms with E-state index in [2.05, 4.69) is 9.97 Å². The smallest absolute Gasteiger partial charge is 0.276 e. The normalized spacial score (nSPS) is 10.3. The Hall–Kier alpha value is -2.17. The van der Waals surface area contributed by atoms with Crippen LogP contribution in [0, 0.1) is 6.92 Å². The lowest BCUT2D eigenvalue weighted by Gasteiger charge is -2.16. The molecule has 0 saturated heterocycles. The summed E-state index contributed by atoms with van der Waals surface area (Å²) in [4.78, 5) is 21.9. The van der Waals surface area contributed by atoms with Crippen molar-refractivity contribution in [2.45, 2.75) is 6.92 Å². The standard InChI is InChI=1S/C12H14N4O/c1-9-14-8-11(15(9)2)12(17)16(3)10-5-4-6-13-7-10/h4-8H,1-3H3. The Kier molecular flexibility index (Phi) is 2.91. The number of amides is 1. The molecule has 2 aromatic heterocycles. The van der Waals surface area contributed by atoms with E-state index in [9.17, 15) is 4.79 Å². The van der Waals surface area contributed by atoms with Crippen molar-refractivity contribution < 1.29 is 4.79 Å². The summed E-state index contributed by atoms with van der Waals surface area (Å²) in [5.41, 5.74) is 1.32. The van der Waals surface area contributed by atoms with Crippen molar-refractivity contribution >= 4 is 11.6 Å². The van der Waals surface area contributed by atoms with Crippen LogP contribution in [0.1, 0.15) is 16.3 Å². The van der Waals surface area contributed by atoms with E-state index in [1.165, 1.54) is 0 Å². The number of nitrogens with zero attached hydrogens (tertiary/aromatic N) is 4. The van der Waals surface area contributed by atoms with Gasteiger partial charge in [-0.05, 0) is 19.1 Å². The fourth-order valence-corrected chi connectivity index (χ4v) is 1.54. The number of hydrogen-bond acceptors (Lipinski definition) is 3. The first-order valence-electron chi connectivity index (χ1n) is 5.27. The Balaban J connectivity index is 2.30. The highest BCUT2D eigenvalue weighted by Crippen LogP contribution is 2.13. The third kappa shape index (κ3) is 2.04. The lowest BCUT2D eigenvalue weighted by Crippen LogP contribution is -2.28. The van der Waals surface area contributed by atoms with Gasteiger partial charge in [-0.2, -0.15) is 0 Å². The molecule has 0 atom stereocenters. The summed E-state index contributed by atoms with van der Waals surface area (Å²) < 4.78 is 1.77. The fraction of sp³-hybridized carbons (Fsp3) is 0.250. The van der Waals surface area contributed by atoms with Crippen molar-refractivity contribution in [2.75, 3.05) is 11.9 Å². The van der Waals surface area contributed by atoms with Crippen LogP contribution in [0.25, 0.3) is 0 Å². The van der Waals surface area contributed by atoms with E-state index < -0.39 is 0 Å². The fourth-order valence-electron chi connectivity index (χ4n) is 1.54. The maximum absolute atomic E-state index is 12.2. The van der Waals surface area contributed by atoms with Crippen LogP contribution < -0.4 is 4.90 Å². The molecule has 2 rings (SSSR count). The molecule has 0 unspecified atom stereocenters. The molecular weight excluding hydrogens is 216 g/mol. The zero-order chi connectivity index (χ0) is 12.4. The second kappa shape index (κ2) is 4.37. The molecule has 0 N–H and O–H groups in total. The molecule has 88 valence electrons. The Morgan fingerprint density at radius 2 is 2.18 bits per heavy atom. The van der Waals surface area contributed by atoms with Crippen molar-refractivity contribution in [1.82, 2.24) is 14.5 Å². The van der Waals surface area contributed by atoms with Crippen molar-refractivity contribution in [3.8, 4) is 0 Å². The van der Waals surface area contributed by atoms with Crippen LogP contribution in [0.15, 0.2) is 30.7 Å². The molecule has 17 heavy (non-hydrogen) atoms. The molecule has 5 heteroatoms. The van der Waals surface area contributed by atoms with Gasteiger partial charge in [0.25, 0.3) is 5.91 Å². The van der Waals surface area contributed by atoms with Gasteiger partial charge in [0.2, 0.25) is 0 Å². The molecule has 0 fully saturated rings.